The fourth-order valence-corrected chi connectivity index (χ4v) is 2.21. The van der Waals surface area contributed by atoms with Crippen LogP contribution in [0, 0.1) is 17.3 Å². The first kappa shape index (κ1) is 17.4. The summed E-state index contributed by atoms with van der Waals surface area (Å²) >= 11 is 0. The SMILES string of the molecule is CCC(C)CC(C)NC(=O)C(CN)CC(C)(C)C. The highest BCUT2D eigenvalue weighted by atomic mass is 16.1. The minimum Gasteiger partial charge on any atom is -0.353 e. The Bertz CT molecular complexity index is 245. The van der Waals surface area contributed by atoms with Crippen LogP contribution in [0.4, 0.5) is 0 Å². The average molecular weight is 256 g/mol. The van der Waals surface area contributed by atoms with Gasteiger partial charge in [0, 0.05) is 12.6 Å². The second-order valence-corrected chi connectivity index (χ2v) is 6.86. The van der Waals surface area contributed by atoms with Crippen LogP contribution in [0.3, 0.4) is 0 Å². The van der Waals surface area contributed by atoms with Gasteiger partial charge in [-0.2, -0.15) is 0 Å². The maximum atomic E-state index is 12.1. The van der Waals surface area contributed by atoms with E-state index < -0.39 is 0 Å². The van der Waals surface area contributed by atoms with Gasteiger partial charge in [0.25, 0.3) is 0 Å². The summed E-state index contributed by atoms with van der Waals surface area (Å²) in [4.78, 5) is 12.1. The molecule has 0 saturated carbocycles. The van der Waals surface area contributed by atoms with Crippen LogP contribution in [0.25, 0.3) is 0 Å². The van der Waals surface area contributed by atoms with Gasteiger partial charge in [-0.15, -0.1) is 0 Å². The third kappa shape index (κ3) is 7.70. The fraction of sp³-hybridized carbons (Fsp3) is 0.933. The lowest BCUT2D eigenvalue weighted by Crippen LogP contribution is -2.41. The average Bonchev–Trinajstić information content (AvgIpc) is 2.23. The first-order valence-corrected chi connectivity index (χ1v) is 7.20. The summed E-state index contributed by atoms with van der Waals surface area (Å²) < 4.78 is 0. The molecule has 0 aliphatic carbocycles. The van der Waals surface area contributed by atoms with E-state index in [1.165, 1.54) is 0 Å². The second kappa shape index (κ2) is 7.78. The van der Waals surface area contributed by atoms with Crippen LogP contribution < -0.4 is 11.1 Å². The molecular formula is C15H32N2O. The molecule has 0 fully saturated rings. The molecule has 3 unspecified atom stereocenters. The quantitative estimate of drug-likeness (QED) is 0.736. The fourth-order valence-electron chi connectivity index (χ4n) is 2.21. The minimum absolute atomic E-state index is 0.0654. The van der Waals surface area contributed by atoms with Crippen molar-refractivity contribution in [3.63, 3.8) is 0 Å². The van der Waals surface area contributed by atoms with E-state index in [0.29, 0.717) is 12.5 Å². The van der Waals surface area contributed by atoms with Crippen LogP contribution in [-0.4, -0.2) is 18.5 Å². The van der Waals surface area contributed by atoms with Gasteiger partial charge in [-0.25, -0.2) is 0 Å². The van der Waals surface area contributed by atoms with Gasteiger partial charge in [-0.1, -0.05) is 41.0 Å². The first-order valence-electron chi connectivity index (χ1n) is 7.20. The van der Waals surface area contributed by atoms with Crippen molar-refractivity contribution in [2.24, 2.45) is 23.0 Å². The molecule has 0 aliphatic rings. The lowest BCUT2D eigenvalue weighted by Gasteiger charge is -2.26. The Kier molecular flexibility index (Phi) is 7.53. The van der Waals surface area contributed by atoms with E-state index in [1.807, 2.05) is 0 Å². The number of nitrogens with two attached hydrogens (primary N) is 1. The molecule has 0 saturated heterocycles. The zero-order chi connectivity index (χ0) is 14.3. The van der Waals surface area contributed by atoms with Crippen molar-refractivity contribution in [1.82, 2.24) is 5.32 Å². The molecule has 3 atom stereocenters. The summed E-state index contributed by atoms with van der Waals surface area (Å²) in [7, 11) is 0. The summed E-state index contributed by atoms with van der Waals surface area (Å²) in [6.07, 6.45) is 3.03. The zero-order valence-electron chi connectivity index (χ0n) is 13.0. The Labute approximate surface area is 113 Å². The molecule has 0 heterocycles. The van der Waals surface area contributed by atoms with Crippen LogP contribution in [-0.2, 0) is 4.79 Å². The molecule has 0 aromatic carbocycles. The number of nitrogens with one attached hydrogen (secondary N) is 1. The van der Waals surface area contributed by atoms with E-state index in [4.69, 9.17) is 5.73 Å². The van der Waals surface area contributed by atoms with E-state index in [2.05, 4.69) is 46.9 Å². The van der Waals surface area contributed by atoms with Gasteiger partial charge < -0.3 is 11.1 Å². The summed E-state index contributed by atoms with van der Waals surface area (Å²) in [5, 5.41) is 3.10. The maximum absolute atomic E-state index is 12.1. The lowest BCUT2D eigenvalue weighted by molar-refractivity contribution is -0.126. The Morgan fingerprint density at radius 1 is 1.28 bits per heavy atom. The first-order chi connectivity index (χ1) is 8.19. The molecule has 3 N–H and O–H groups in total. The van der Waals surface area contributed by atoms with Gasteiger partial charge in [-0.3, -0.25) is 4.79 Å². The molecule has 0 rings (SSSR count). The summed E-state index contributed by atoms with van der Waals surface area (Å²) in [6, 6.07) is 0.237. The van der Waals surface area contributed by atoms with E-state index in [-0.39, 0.29) is 23.3 Å². The van der Waals surface area contributed by atoms with E-state index in [9.17, 15) is 4.79 Å². The van der Waals surface area contributed by atoms with Crippen LogP contribution in [0.5, 0.6) is 0 Å². The van der Waals surface area contributed by atoms with Crippen molar-refractivity contribution in [3.05, 3.63) is 0 Å². The second-order valence-electron chi connectivity index (χ2n) is 6.86. The monoisotopic (exact) mass is 256 g/mol. The van der Waals surface area contributed by atoms with E-state index >= 15 is 0 Å². The summed E-state index contributed by atoms with van der Waals surface area (Å²) in [5.41, 5.74) is 5.86. The molecular weight excluding hydrogens is 224 g/mol. The molecule has 0 aromatic heterocycles. The molecule has 108 valence electrons. The summed E-state index contributed by atoms with van der Waals surface area (Å²) in [6.45, 7) is 13.3. The highest BCUT2D eigenvalue weighted by molar-refractivity contribution is 5.79. The number of carbonyl (C=O) groups is 1. The highest BCUT2D eigenvalue weighted by Crippen LogP contribution is 2.24. The number of amides is 1. The third-order valence-corrected chi connectivity index (χ3v) is 3.36. The predicted molar refractivity (Wildman–Crippen MR) is 78.3 cm³/mol. The van der Waals surface area contributed by atoms with Gasteiger partial charge in [0.2, 0.25) is 5.91 Å². The van der Waals surface area contributed by atoms with Gasteiger partial charge >= 0.3 is 0 Å². The Balaban J connectivity index is 4.27. The standard InChI is InChI=1S/C15H32N2O/c1-7-11(2)8-12(3)17-14(18)13(10-16)9-15(4,5)6/h11-13H,7-10,16H2,1-6H3,(H,17,18). The molecule has 0 bridgehead atoms. The van der Waals surface area contributed by atoms with E-state index in [0.717, 1.165) is 19.3 Å². The van der Waals surface area contributed by atoms with Crippen molar-refractivity contribution >= 4 is 5.91 Å². The number of rotatable bonds is 7. The smallest absolute Gasteiger partial charge is 0.224 e. The van der Waals surface area contributed by atoms with Crippen molar-refractivity contribution in [2.45, 2.75) is 66.8 Å². The van der Waals surface area contributed by atoms with Gasteiger partial charge in [0.05, 0.1) is 5.92 Å². The largest absolute Gasteiger partial charge is 0.353 e. The van der Waals surface area contributed by atoms with Crippen LogP contribution in [0.15, 0.2) is 0 Å². The number of hydrogen-bond acceptors (Lipinski definition) is 2. The van der Waals surface area contributed by atoms with Gasteiger partial charge in [-0.05, 0) is 31.1 Å². The van der Waals surface area contributed by atoms with E-state index in [1.54, 1.807) is 0 Å². The van der Waals surface area contributed by atoms with Crippen molar-refractivity contribution in [3.8, 4) is 0 Å². The molecule has 3 nitrogen and oxygen atoms in total. The normalized spacial score (nSPS) is 17.1. The molecule has 18 heavy (non-hydrogen) atoms. The third-order valence-electron chi connectivity index (χ3n) is 3.36. The molecule has 0 radical (unpaired) electrons. The maximum Gasteiger partial charge on any atom is 0.224 e. The molecule has 0 aliphatic heterocycles. The highest BCUT2D eigenvalue weighted by Gasteiger charge is 2.24. The molecule has 0 spiro atoms. The lowest BCUT2D eigenvalue weighted by atomic mass is 9.84. The molecule has 1 amide bonds. The van der Waals surface area contributed by atoms with Crippen molar-refractivity contribution < 1.29 is 4.79 Å². The van der Waals surface area contributed by atoms with Crippen LogP contribution in [0.1, 0.15) is 60.8 Å². The minimum atomic E-state index is -0.0654. The predicted octanol–water partition coefficient (Wildman–Crippen LogP) is 2.94. The number of hydrogen-bond donors (Lipinski definition) is 2. The van der Waals surface area contributed by atoms with Crippen molar-refractivity contribution in [2.75, 3.05) is 6.54 Å². The molecule has 0 aromatic rings. The van der Waals surface area contributed by atoms with Crippen molar-refractivity contribution in [1.29, 1.82) is 0 Å². The number of carbonyl (C=O) groups excluding carboxylic acids is 1. The van der Waals surface area contributed by atoms with Crippen LogP contribution >= 0.6 is 0 Å². The Morgan fingerprint density at radius 2 is 1.83 bits per heavy atom. The Hall–Kier alpha value is -0.570. The zero-order valence-corrected chi connectivity index (χ0v) is 13.0. The molecule has 3 heteroatoms. The summed E-state index contributed by atoms with van der Waals surface area (Å²) in [5.74, 6) is 0.701. The van der Waals surface area contributed by atoms with Gasteiger partial charge in [0.15, 0.2) is 0 Å². The Morgan fingerprint density at radius 3 is 2.22 bits per heavy atom. The topological polar surface area (TPSA) is 55.1 Å². The van der Waals surface area contributed by atoms with Gasteiger partial charge in [0.1, 0.15) is 0 Å². The van der Waals surface area contributed by atoms with Crippen LogP contribution in [0.2, 0.25) is 0 Å².